The minimum Gasteiger partial charge on any atom is -0.400 e. The topological polar surface area (TPSA) is 60.7 Å². The molecule has 0 heterocycles. The molecule has 0 aliphatic heterocycles. The van der Waals surface area contributed by atoms with Crippen molar-refractivity contribution in [2.24, 2.45) is 0 Å². The minimum absolute atomic E-state index is 0. The van der Waals surface area contributed by atoms with Gasteiger partial charge in [0.1, 0.15) is 0 Å². The van der Waals surface area contributed by atoms with E-state index in [4.69, 9.17) is 15.3 Å². The van der Waals surface area contributed by atoms with Crippen LogP contribution in [0.3, 0.4) is 0 Å². The molecule has 13 heavy (non-hydrogen) atoms. The first-order chi connectivity index (χ1) is 5.89. The van der Waals surface area contributed by atoms with E-state index in [9.17, 15) is 0 Å². The number of hydrogen-bond donors (Lipinski definition) is 3. The van der Waals surface area contributed by atoms with Crippen molar-refractivity contribution in [2.45, 2.75) is 13.3 Å². The summed E-state index contributed by atoms with van der Waals surface area (Å²) in [6.07, 6.45) is 8.33. The van der Waals surface area contributed by atoms with Gasteiger partial charge in [-0.1, -0.05) is 6.92 Å². The molecule has 0 radical (unpaired) electrons. The van der Waals surface area contributed by atoms with Crippen LogP contribution in [0.5, 0.6) is 0 Å². The largest absolute Gasteiger partial charge is 0.400 e. The summed E-state index contributed by atoms with van der Waals surface area (Å²) in [6, 6.07) is 0. The van der Waals surface area contributed by atoms with E-state index in [0.717, 1.165) is 27.8 Å². The second kappa shape index (κ2) is 29.5. The van der Waals surface area contributed by atoms with Gasteiger partial charge in [0, 0.05) is 47.5 Å². The van der Waals surface area contributed by atoms with Crippen LogP contribution in [0.2, 0.25) is 0 Å². The summed E-state index contributed by atoms with van der Waals surface area (Å²) in [6.45, 7) is 2.06. The summed E-state index contributed by atoms with van der Waals surface area (Å²) in [5.74, 6) is 0. The summed E-state index contributed by atoms with van der Waals surface area (Å²) >= 11 is 0. The van der Waals surface area contributed by atoms with E-state index < -0.39 is 0 Å². The smallest absolute Gasteiger partial charge is 0.0319 e. The maximum Gasteiger partial charge on any atom is 0.0319 e. The van der Waals surface area contributed by atoms with Crippen LogP contribution < -0.4 is 0 Å². The molecule has 3 nitrogen and oxygen atoms in total. The molecule has 1 aliphatic carbocycles. The maximum absolute atomic E-state index is 7.00. The van der Waals surface area contributed by atoms with Crippen molar-refractivity contribution >= 4 is 0 Å². The van der Waals surface area contributed by atoms with E-state index in [-0.39, 0.29) is 26.2 Å². The van der Waals surface area contributed by atoms with Crippen molar-refractivity contribution in [1.82, 2.24) is 0 Å². The van der Waals surface area contributed by atoms with Crippen LogP contribution in [-0.2, 0) is 26.2 Å². The van der Waals surface area contributed by atoms with Crippen LogP contribution in [0, 0.1) is 6.08 Å². The normalized spacial score (nSPS) is 9.92. The molecule has 0 atom stereocenters. The van der Waals surface area contributed by atoms with Gasteiger partial charge in [0.15, 0.2) is 0 Å². The van der Waals surface area contributed by atoms with Gasteiger partial charge in [-0.2, -0.15) is 6.08 Å². The van der Waals surface area contributed by atoms with Crippen molar-refractivity contribution in [1.29, 1.82) is 0 Å². The van der Waals surface area contributed by atoms with Gasteiger partial charge in [-0.25, -0.2) is 11.6 Å². The Morgan fingerprint density at radius 2 is 1.46 bits per heavy atom. The number of aliphatic hydroxyl groups excluding tert-OH is 3. The molecule has 0 bridgehead atoms. The molecule has 0 fully saturated rings. The van der Waals surface area contributed by atoms with Gasteiger partial charge in [0.2, 0.25) is 0 Å². The van der Waals surface area contributed by atoms with Crippen LogP contribution in [0.25, 0.3) is 0 Å². The minimum atomic E-state index is 0. The zero-order valence-electron chi connectivity index (χ0n) is 8.70. The molecule has 0 aromatic carbocycles. The zero-order valence-corrected chi connectivity index (χ0v) is 11.2. The van der Waals surface area contributed by atoms with Crippen molar-refractivity contribution in [2.75, 3.05) is 21.3 Å². The third kappa shape index (κ3) is 24.5. The molecule has 3 N–H and O–H groups in total. The van der Waals surface area contributed by atoms with Crippen LogP contribution >= 0.6 is 0 Å². The summed E-state index contributed by atoms with van der Waals surface area (Å²) in [4.78, 5) is 0. The van der Waals surface area contributed by atoms with Crippen molar-refractivity contribution < 1.29 is 41.5 Å². The third-order valence-corrected chi connectivity index (χ3v) is 0.867. The first-order valence-corrected chi connectivity index (χ1v) is 3.48. The monoisotopic (exact) mass is 265 g/mol. The van der Waals surface area contributed by atoms with Crippen LogP contribution in [-0.4, -0.2) is 36.6 Å². The Labute approximate surface area is 99.9 Å². The molecule has 4 heteroatoms. The average molecular weight is 266 g/mol. The standard InChI is InChI=1S/C6H7.3CH4O.Zr/c1-6-4-2-3-5-6;3*1-2;/h2,4H,3H2,1H3;3*2H,1H3;/q-1;;;;. The number of hydrogen-bond acceptors (Lipinski definition) is 3. The van der Waals surface area contributed by atoms with Crippen LogP contribution in [0.1, 0.15) is 13.3 Å². The van der Waals surface area contributed by atoms with E-state index in [0.29, 0.717) is 0 Å². The van der Waals surface area contributed by atoms with Gasteiger partial charge >= 0.3 is 0 Å². The Bertz CT molecular complexity index is 109. The van der Waals surface area contributed by atoms with Gasteiger partial charge < -0.3 is 15.3 Å². The predicted molar refractivity (Wildman–Crippen MR) is 50.6 cm³/mol. The van der Waals surface area contributed by atoms with Crippen LogP contribution in [0.15, 0.2) is 17.7 Å². The number of aliphatic hydroxyl groups is 3. The Kier molecular flexibility index (Phi) is 52.7. The Hall–Kier alpha value is 0.243. The fraction of sp³-hybridized carbons (Fsp3) is 0.556. The SMILES string of the molecule is CC1=[C-]CC=C1.CO.CO.CO.[Zr]. The average Bonchev–Trinajstić information content (AvgIpc) is 2.66. The molecule has 1 aliphatic rings. The fourth-order valence-corrected chi connectivity index (χ4v) is 0.515. The van der Waals surface area contributed by atoms with E-state index >= 15 is 0 Å². The van der Waals surface area contributed by atoms with Gasteiger partial charge in [0.25, 0.3) is 0 Å². The van der Waals surface area contributed by atoms with Gasteiger partial charge in [-0.05, 0) is 0 Å². The number of allylic oxidation sites excluding steroid dienone is 4. The molecule has 1 rings (SSSR count). The van der Waals surface area contributed by atoms with E-state index in [1.165, 1.54) is 5.57 Å². The predicted octanol–water partition coefficient (Wildman–Crippen LogP) is 0.519. The Balaban J connectivity index is -0.0000000508. The molecule has 0 saturated heterocycles. The van der Waals surface area contributed by atoms with Crippen molar-refractivity contribution in [3.05, 3.63) is 23.8 Å². The molecular formula is C9H19O3Zr-. The van der Waals surface area contributed by atoms with Crippen molar-refractivity contribution in [3.63, 3.8) is 0 Å². The van der Waals surface area contributed by atoms with E-state index in [1.807, 2.05) is 0 Å². The molecular weight excluding hydrogens is 247 g/mol. The maximum atomic E-state index is 7.00. The fourth-order valence-electron chi connectivity index (χ4n) is 0.515. The van der Waals surface area contributed by atoms with Gasteiger partial charge in [-0.3, -0.25) is 6.08 Å². The summed E-state index contributed by atoms with van der Waals surface area (Å²) < 4.78 is 0. The van der Waals surface area contributed by atoms with Crippen LogP contribution in [0.4, 0.5) is 0 Å². The van der Waals surface area contributed by atoms with E-state index in [2.05, 4.69) is 25.2 Å². The molecule has 0 aromatic heterocycles. The molecule has 0 spiro atoms. The Morgan fingerprint density at radius 3 is 1.54 bits per heavy atom. The molecule has 0 unspecified atom stereocenters. The number of rotatable bonds is 0. The Morgan fingerprint density at radius 1 is 1.08 bits per heavy atom. The summed E-state index contributed by atoms with van der Waals surface area (Å²) in [7, 11) is 3.00. The summed E-state index contributed by atoms with van der Waals surface area (Å²) in [5, 5.41) is 21.0. The summed E-state index contributed by atoms with van der Waals surface area (Å²) in [5.41, 5.74) is 1.27. The second-order valence-electron chi connectivity index (χ2n) is 1.47. The molecule has 78 valence electrons. The molecule has 0 saturated carbocycles. The first-order valence-electron chi connectivity index (χ1n) is 3.48. The quantitative estimate of drug-likeness (QED) is 0.560. The second-order valence-corrected chi connectivity index (χ2v) is 1.47. The zero-order chi connectivity index (χ0) is 10.4. The first kappa shape index (κ1) is 23.2. The third-order valence-electron chi connectivity index (χ3n) is 0.867. The van der Waals surface area contributed by atoms with E-state index in [1.54, 1.807) is 0 Å². The van der Waals surface area contributed by atoms with Crippen molar-refractivity contribution in [3.8, 4) is 0 Å². The van der Waals surface area contributed by atoms with Gasteiger partial charge in [-0.15, -0.1) is 6.42 Å². The molecule has 0 aromatic rings. The van der Waals surface area contributed by atoms with Gasteiger partial charge in [0.05, 0.1) is 0 Å². The molecule has 0 amide bonds.